The molecule has 0 radical (unpaired) electrons. The molecule has 3 heterocycles. The first kappa shape index (κ1) is 22.7. The van der Waals surface area contributed by atoms with Crippen molar-refractivity contribution in [2.45, 2.75) is 32.2 Å². The lowest BCUT2D eigenvalue weighted by Crippen LogP contribution is -2.55. The first-order valence-electron chi connectivity index (χ1n) is 10.4. The second-order valence-corrected chi connectivity index (χ2v) is 7.79. The molecule has 11 heteroatoms. The highest BCUT2D eigenvalue weighted by Gasteiger charge is 2.35. The predicted molar refractivity (Wildman–Crippen MR) is 114 cm³/mol. The smallest absolute Gasteiger partial charge is 0.374 e. The number of carbonyl (C=O) groups is 1. The molecule has 0 bridgehead atoms. The van der Waals surface area contributed by atoms with Crippen LogP contribution in [0.5, 0.6) is 0 Å². The van der Waals surface area contributed by atoms with Gasteiger partial charge in [-0.15, -0.1) is 0 Å². The Morgan fingerprint density at radius 3 is 2.64 bits per heavy atom. The molecule has 0 unspecified atom stereocenters. The normalized spacial score (nSPS) is 18.9. The third-order valence-electron chi connectivity index (χ3n) is 5.52. The molecule has 2 atom stereocenters. The van der Waals surface area contributed by atoms with E-state index < -0.39 is 11.7 Å². The maximum Gasteiger partial charge on any atom is 0.417 e. The lowest BCUT2D eigenvalue weighted by atomic mass is 10.0. The van der Waals surface area contributed by atoms with Crippen molar-refractivity contribution in [3.8, 4) is 5.69 Å². The van der Waals surface area contributed by atoms with Gasteiger partial charge >= 0.3 is 6.18 Å². The number of hydrogen-bond acceptors (Lipinski definition) is 6. The van der Waals surface area contributed by atoms with Crippen molar-refractivity contribution >= 4 is 11.7 Å². The molecular weight excluding hydrogens is 437 g/mol. The lowest BCUT2D eigenvalue weighted by Gasteiger charge is -2.40. The number of rotatable bonds is 5. The van der Waals surface area contributed by atoms with Gasteiger partial charge in [0.15, 0.2) is 0 Å². The third-order valence-corrected chi connectivity index (χ3v) is 5.52. The van der Waals surface area contributed by atoms with E-state index in [1.807, 2.05) is 19.9 Å². The van der Waals surface area contributed by atoms with Crippen molar-refractivity contribution in [2.24, 2.45) is 0 Å². The third kappa shape index (κ3) is 4.98. The summed E-state index contributed by atoms with van der Waals surface area (Å²) in [5.41, 5.74) is 1.11. The molecule has 1 amide bonds. The van der Waals surface area contributed by atoms with Crippen molar-refractivity contribution in [3.63, 3.8) is 0 Å². The molecule has 174 valence electrons. The molecule has 3 aromatic rings. The number of aryl methyl sites for hydroxylation is 1. The Morgan fingerprint density at radius 1 is 1.21 bits per heavy atom. The number of hydrogen-bond donors (Lipinski definition) is 1. The largest absolute Gasteiger partial charge is 0.417 e. The zero-order valence-corrected chi connectivity index (χ0v) is 18.1. The van der Waals surface area contributed by atoms with Gasteiger partial charge in [0.05, 0.1) is 48.0 Å². The lowest BCUT2D eigenvalue weighted by molar-refractivity contribution is -0.137. The van der Waals surface area contributed by atoms with Crippen LogP contribution in [0.25, 0.3) is 5.69 Å². The van der Waals surface area contributed by atoms with Crippen LogP contribution in [-0.4, -0.2) is 62.6 Å². The molecule has 2 aromatic heterocycles. The Labute approximate surface area is 188 Å². The van der Waals surface area contributed by atoms with Gasteiger partial charge in [-0.1, -0.05) is 11.6 Å². The minimum absolute atomic E-state index is 0.201. The molecule has 33 heavy (non-hydrogen) atoms. The van der Waals surface area contributed by atoms with Crippen molar-refractivity contribution in [2.75, 3.05) is 25.0 Å². The maximum atomic E-state index is 13.6. The first-order chi connectivity index (χ1) is 15.7. The predicted octanol–water partition coefficient (Wildman–Crippen LogP) is 3.33. The number of carbonyl (C=O) groups excluding carboxylic acids is 1. The first-order valence-corrected chi connectivity index (χ1v) is 10.4. The molecule has 1 saturated heterocycles. The average molecular weight is 460 g/mol. The molecule has 0 aliphatic carbocycles. The van der Waals surface area contributed by atoms with Crippen LogP contribution in [-0.2, 0) is 10.9 Å². The number of halogens is 3. The van der Waals surface area contributed by atoms with Crippen molar-refractivity contribution in [1.82, 2.24) is 24.9 Å². The number of nitrogens with zero attached hydrogens (tertiary/aromatic N) is 5. The van der Waals surface area contributed by atoms with E-state index >= 15 is 0 Å². The Bertz CT molecular complexity index is 1100. The van der Waals surface area contributed by atoms with E-state index in [9.17, 15) is 18.0 Å². The standard InChI is InChI=1S/C22H23F3N6O2/c1-14-3-5-18(31-28-7-8-29-31)17(11-14)21(32)30-9-10-33-15(2)19(30)13-27-20-6-4-16(12-26-20)22(23,24)25/h3-8,11-12,15,19H,9-10,13H2,1-2H3,(H,26,27)/t15-,19+/m0/s1. The van der Waals surface area contributed by atoms with Gasteiger partial charge in [-0.3, -0.25) is 4.79 Å². The molecule has 1 aliphatic heterocycles. The van der Waals surface area contributed by atoms with Crippen LogP contribution in [0.2, 0.25) is 0 Å². The quantitative estimate of drug-likeness (QED) is 0.629. The number of morpholine rings is 1. The number of nitrogens with one attached hydrogen (secondary N) is 1. The number of aromatic nitrogens is 4. The number of ether oxygens (including phenoxy) is 1. The topological polar surface area (TPSA) is 85.2 Å². The van der Waals surface area contributed by atoms with E-state index in [2.05, 4.69) is 20.5 Å². The minimum atomic E-state index is -4.45. The van der Waals surface area contributed by atoms with E-state index in [1.165, 1.54) is 23.3 Å². The Balaban J connectivity index is 1.55. The summed E-state index contributed by atoms with van der Waals surface area (Å²) in [6, 6.07) is 7.34. The summed E-state index contributed by atoms with van der Waals surface area (Å²) in [4.78, 5) is 20.6. The molecule has 4 rings (SSSR count). The summed E-state index contributed by atoms with van der Waals surface area (Å²) in [6.07, 6.45) is -0.887. The highest BCUT2D eigenvalue weighted by molar-refractivity contribution is 5.98. The molecule has 1 N–H and O–H groups in total. The minimum Gasteiger partial charge on any atom is -0.374 e. The van der Waals surface area contributed by atoms with Crippen LogP contribution in [0, 0.1) is 6.92 Å². The summed E-state index contributed by atoms with van der Waals surface area (Å²) >= 11 is 0. The maximum absolute atomic E-state index is 13.6. The van der Waals surface area contributed by atoms with Crippen LogP contribution in [0.15, 0.2) is 48.9 Å². The zero-order chi connectivity index (χ0) is 23.6. The van der Waals surface area contributed by atoms with E-state index in [1.54, 1.807) is 17.0 Å². The van der Waals surface area contributed by atoms with Crippen molar-refractivity contribution in [1.29, 1.82) is 0 Å². The van der Waals surface area contributed by atoms with E-state index in [0.29, 0.717) is 24.4 Å². The molecule has 0 saturated carbocycles. The van der Waals surface area contributed by atoms with E-state index in [-0.39, 0.29) is 30.4 Å². The van der Waals surface area contributed by atoms with Gasteiger partial charge in [-0.05, 0) is 38.1 Å². The molecule has 1 aliphatic rings. The summed E-state index contributed by atoms with van der Waals surface area (Å²) < 4.78 is 44.1. The molecule has 0 spiro atoms. The molecular formula is C22H23F3N6O2. The Morgan fingerprint density at radius 2 is 1.97 bits per heavy atom. The van der Waals surface area contributed by atoms with Crippen LogP contribution in [0.4, 0.5) is 19.0 Å². The second kappa shape index (κ2) is 9.18. The van der Waals surface area contributed by atoms with Crippen molar-refractivity contribution in [3.05, 3.63) is 65.6 Å². The van der Waals surface area contributed by atoms with Gasteiger partial charge in [0, 0.05) is 19.3 Å². The fourth-order valence-electron chi connectivity index (χ4n) is 3.76. The fraction of sp³-hybridized carbons (Fsp3) is 0.364. The second-order valence-electron chi connectivity index (χ2n) is 7.79. The number of amides is 1. The highest BCUT2D eigenvalue weighted by atomic mass is 19.4. The van der Waals surface area contributed by atoms with Crippen LogP contribution in [0.3, 0.4) is 0 Å². The van der Waals surface area contributed by atoms with Gasteiger partial charge in [0.2, 0.25) is 0 Å². The van der Waals surface area contributed by atoms with Crippen molar-refractivity contribution < 1.29 is 22.7 Å². The number of alkyl halides is 3. The highest BCUT2D eigenvalue weighted by Crippen LogP contribution is 2.29. The van der Waals surface area contributed by atoms with Gasteiger partial charge in [-0.25, -0.2) is 4.98 Å². The van der Waals surface area contributed by atoms with Gasteiger partial charge in [0.1, 0.15) is 5.82 Å². The Kier molecular flexibility index (Phi) is 6.32. The molecule has 1 aromatic carbocycles. The number of pyridine rings is 1. The van der Waals surface area contributed by atoms with E-state index in [0.717, 1.165) is 17.8 Å². The summed E-state index contributed by atoms with van der Waals surface area (Å²) in [7, 11) is 0. The van der Waals surface area contributed by atoms with E-state index in [4.69, 9.17) is 4.74 Å². The number of anilines is 1. The van der Waals surface area contributed by atoms with Gasteiger partial charge in [-0.2, -0.15) is 28.2 Å². The van der Waals surface area contributed by atoms with Gasteiger partial charge in [0.25, 0.3) is 5.91 Å². The van der Waals surface area contributed by atoms with Crippen LogP contribution < -0.4 is 5.32 Å². The SMILES string of the molecule is Cc1ccc(-n2nccn2)c(C(=O)N2CCO[C@@H](C)[C@H]2CNc2ccc(C(F)(F)F)cn2)c1. The summed E-state index contributed by atoms with van der Waals surface area (Å²) in [5.74, 6) is 0.0819. The fourth-order valence-corrected chi connectivity index (χ4v) is 3.76. The number of benzene rings is 1. The average Bonchev–Trinajstić information content (AvgIpc) is 3.32. The Hall–Kier alpha value is -3.47. The zero-order valence-electron chi connectivity index (χ0n) is 18.1. The van der Waals surface area contributed by atoms with Crippen LogP contribution in [0.1, 0.15) is 28.4 Å². The van der Waals surface area contributed by atoms with Crippen LogP contribution >= 0.6 is 0 Å². The monoisotopic (exact) mass is 460 g/mol. The van der Waals surface area contributed by atoms with Gasteiger partial charge < -0.3 is 15.0 Å². The molecule has 8 nitrogen and oxygen atoms in total. The summed E-state index contributed by atoms with van der Waals surface area (Å²) in [5, 5.41) is 11.3. The molecule has 1 fully saturated rings. The summed E-state index contributed by atoms with van der Waals surface area (Å²) in [6.45, 7) is 4.76.